The molecule has 0 saturated carbocycles. The minimum Gasteiger partial charge on any atom is -0.744 e. The number of aromatic nitrogens is 6. The van der Waals surface area contributed by atoms with Gasteiger partial charge in [0.2, 0.25) is 75.8 Å². The smallest absolute Gasteiger partial charge is 0.295 e. The van der Waals surface area contributed by atoms with Crippen LogP contribution >= 0.6 is 0 Å². The van der Waals surface area contributed by atoms with Crippen molar-refractivity contribution in [3.8, 4) is 11.1 Å². The number of anilines is 16. The molecule has 0 unspecified atom stereocenters. The fourth-order valence-corrected chi connectivity index (χ4v) is 14.1. The molecule has 10 aromatic rings. The highest BCUT2D eigenvalue weighted by atomic mass is 32.2. The van der Waals surface area contributed by atoms with Gasteiger partial charge in [0.15, 0.2) is 0 Å². The van der Waals surface area contributed by atoms with Crippen molar-refractivity contribution in [2.24, 2.45) is 20.6 Å². The van der Waals surface area contributed by atoms with Crippen LogP contribution in [0.1, 0.15) is 0 Å². The monoisotopic (exact) mass is 1520 g/mol. The van der Waals surface area contributed by atoms with E-state index in [1.807, 2.05) is 0 Å². The van der Waals surface area contributed by atoms with Crippen LogP contribution in [0.15, 0.2) is 209 Å². The molecule has 0 atom stereocenters. The molecule has 46 heteroatoms. The average Bonchev–Trinajstić information content (AvgIpc) is 0.804. The minimum atomic E-state index is -5.51. The van der Waals surface area contributed by atoms with Gasteiger partial charge >= 0.3 is 0 Å². The molecule has 522 valence electrons. The zero-order chi connectivity index (χ0) is 72.7. The van der Waals surface area contributed by atoms with Gasteiger partial charge in [-0.05, 0) is 133 Å². The van der Waals surface area contributed by atoms with Crippen LogP contribution in [-0.2, 0) is 80.6 Å². The Balaban J connectivity index is 0.936. The lowest BCUT2D eigenvalue weighted by Crippen LogP contribution is -2.13. The van der Waals surface area contributed by atoms with Gasteiger partial charge in [0.25, 0.3) is 20.2 Å². The largest absolute Gasteiger partial charge is 0.744 e. The summed E-state index contributed by atoms with van der Waals surface area (Å²) in [6, 6.07) is 31.6. The predicted octanol–water partition coefficient (Wildman–Crippen LogP) is 4.56. The highest BCUT2D eigenvalue weighted by Gasteiger charge is 2.26. The first-order valence-corrected chi connectivity index (χ1v) is 39.0. The molecule has 0 amide bonds. The third-order valence-electron chi connectivity index (χ3n) is 13.3. The van der Waals surface area contributed by atoms with E-state index in [-0.39, 0.29) is 88.9 Å². The number of nitrogens with one attached hydrogen (secondary N) is 8. The zero-order valence-electron chi connectivity index (χ0n) is 49.7. The molecule has 0 radical (unpaired) electrons. The van der Waals surface area contributed by atoms with Crippen LogP contribution in [0.4, 0.5) is 92.6 Å². The first-order valence-electron chi connectivity index (χ1n) is 27.1. The molecule has 100 heavy (non-hydrogen) atoms. The van der Waals surface area contributed by atoms with Gasteiger partial charge in [-0.1, -0.05) is 36.4 Å². The second kappa shape index (κ2) is 27.3. The van der Waals surface area contributed by atoms with E-state index in [0.29, 0.717) is 12.1 Å². The fourth-order valence-electron chi connectivity index (χ4n) is 9.07. The summed E-state index contributed by atoms with van der Waals surface area (Å²) in [5.41, 5.74) is -3.13. The molecule has 0 saturated heterocycles. The second-order valence-electron chi connectivity index (χ2n) is 20.6. The Labute approximate surface area is 568 Å². The van der Waals surface area contributed by atoms with Gasteiger partial charge in [-0.25, -0.2) is 71.1 Å². The first kappa shape index (κ1) is 72.2. The van der Waals surface area contributed by atoms with Crippen LogP contribution in [0.2, 0.25) is 0 Å². The molecule has 0 aliphatic heterocycles. The van der Waals surface area contributed by atoms with Crippen molar-refractivity contribution < 1.29 is 85.6 Å². The molecular weight excluding hydrogens is 1480 g/mol. The summed E-state index contributed by atoms with van der Waals surface area (Å²) >= 11 is 0. The van der Waals surface area contributed by atoms with Crippen LogP contribution in [0.3, 0.4) is 0 Å². The SMILES string of the molecule is NS(=O)(=O)c1cccc(Nc2nc(Nc3cccc(S(N)(=O)=O)c3)nc(Nc3ccc(Nc4ccc(-c5ccc(Nc6ccc(Nc7nc(Nc8cccc(S(N)(=O)=O)c8)nc(Nc8cccc(S(N)(=O)=O)c8)n7)cc6S(=O)(=O)[O-])cc5S(=O)(=O)O)c(S(=O)(=O)O)c4)c(S(=O)(=O)[O-])c3)n2)c1. The van der Waals surface area contributed by atoms with Crippen molar-refractivity contribution in [2.75, 3.05) is 42.5 Å². The maximum absolute atomic E-state index is 13.2. The highest BCUT2D eigenvalue weighted by molar-refractivity contribution is 7.90. The Morgan fingerprint density at radius 2 is 0.480 bits per heavy atom. The third-order valence-corrected chi connectivity index (χ3v) is 20.5. The van der Waals surface area contributed by atoms with Crippen LogP contribution in [0, 0.1) is 0 Å². The van der Waals surface area contributed by atoms with E-state index in [2.05, 4.69) is 72.4 Å². The molecule has 0 aliphatic carbocycles. The fraction of sp³-hybridized carbons (Fsp3) is 0. The number of nitrogens with two attached hydrogens (primary N) is 4. The van der Waals surface area contributed by atoms with Crippen LogP contribution < -0.4 is 63.1 Å². The zero-order valence-corrected chi connectivity index (χ0v) is 56.2. The molecule has 0 spiro atoms. The van der Waals surface area contributed by atoms with Crippen molar-refractivity contribution in [3.63, 3.8) is 0 Å². The van der Waals surface area contributed by atoms with E-state index in [1.54, 1.807) is 0 Å². The Bertz CT molecular complexity index is 5420. The summed E-state index contributed by atoms with van der Waals surface area (Å²) in [6.45, 7) is 0. The van der Waals surface area contributed by atoms with Gasteiger partial charge in [-0.15, -0.1) is 0 Å². The maximum atomic E-state index is 13.2. The van der Waals surface area contributed by atoms with Gasteiger partial charge in [-0.3, -0.25) is 9.11 Å². The van der Waals surface area contributed by atoms with E-state index < -0.39 is 135 Å². The summed E-state index contributed by atoms with van der Waals surface area (Å²) in [4.78, 5) is 20.0. The molecule has 0 aliphatic rings. The number of hydrogen-bond donors (Lipinski definition) is 14. The molecule has 0 fully saturated rings. The lowest BCUT2D eigenvalue weighted by atomic mass is 10.0. The van der Waals surface area contributed by atoms with Gasteiger partial charge in [0, 0.05) is 56.6 Å². The molecular formula is C54H46N18O20S8-2. The summed E-state index contributed by atoms with van der Waals surface area (Å²) in [5, 5.41) is 42.7. The minimum absolute atomic E-state index is 0.0806. The van der Waals surface area contributed by atoms with E-state index in [1.165, 1.54) is 84.9 Å². The van der Waals surface area contributed by atoms with Crippen molar-refractivity contribution in [1.82, 2.24) is 29.9 Å². The Morgan fingerprint density at radius 3 is 0.700 bits per heavy atom. The van der Waals surface area contributed by atoms with Gasteiger partial charge in [0.05, 0.1) is 40.7 Å². The first-order chi connectivity index (χ1) is 46.5. The second-order valence-corrected chi connectivity index (χ2v) is 32.3. The van der Waals surface area contributed by atoms with Crippen LogP contribution in [0.25, 0.3) is 11.1 Å². The topological polar surface area (TPSA) is 637 Å². The lowest BCUT2D eigenvalue weighted by Gasteiger charge is -2.19. The lowest BCUT2D eigenvalue weighted by molar-refractivity contribution is 0.461. The Morgan fingerprint density at radius 1 is 0.270 bits per heavy atom. The van der Waals surface area contributed by atoms with E-state index in [4.69, 9.17) is 20.6 Å². The van der Waals surface area contributed by atoms with Crippen molar-refractivity contribution >= 4 is 173 Å². The van der Waals surface area contributed by atoms with Crippen molar-refractivity contribution in [3.05, 3.63) is 170 Å². The third kappa shape index (κ3) is 18.2. The quantitative estimate of drug-likeness (QED) is 0.0349. The van der Waals surface area contributed by atoms with Crippen molar-refractivity contribution in [2.45, 2.75) is 39.2 Å². The maximum Gasteiger partial charge on any atom is 0.295 e. The van der Waals surface area contributed by atoms with Crippen LogP contribution in [-0.4, -0.2) is 115 Å². The molecule has 0 bridgehead atoms. The number of sulfonamides is 4. The van der Waals surface area contributed by atoms with E-state index in [9.17, 15) is 85.6 Å². The average molecular weight is 1520 g/mol. The summed E-state index contributed by atoms with van der Waals surface area (Å²) in [6.07, 6.45) is 0. The van der Waals surface area contributed by atoms with Crippen molar-refractivity contribution in [1.29, 1.82) is 0 Å². The van der Waals surface area contributed by atoms with E-state index in [0.717, 1.165) is 72.8 Å². The number of rotatable bonds is 25. The summed E-state index contributed by atoms with van der Waals surface area (Å²) < 4.78 is 248. The van der Waals surface area contributed by atoms with Gasteiger partial charge < -0.3 is 51.6 Å². The predicted molar refractivity (Wildman–Crippen MR) is 357 cm³/mol. The molecule has 10 rings (SSSR count). The normalized spacial score (nSPS) is 12.4. The standard InChI is InChI=1S/C54H48N18O20S8/c55-93(73,74)37-9-1-5-29(21-37)61-49-67-50(62-30-6-2-10-38(22-30)94(56,75)76)70-53(69-49)65-35-15-19-43(47(27-35)99(87,88)89)59-33-13-17-41(45(25-33)97(81,82)83)42-18-14-34(26-46(42)98(84,85)86)60-44-20-16-36(28-48(44)100(90,91)92)66-54-71-51(63-31-7-3-11-39(23-31)95(57,77)78)68-52(72-54)64-32-8-4-12-40(24-32)96(58,79)80/h1-28,59-60H,(H2,55,73,74)(H2,56,75,76)(H2,57,77,78)(H2,58,79,80)(H,81,82,83)(H,84,85,86)(H,87,88,89)(H,90,91,92)(H3,61,62,65,67,69,70)(H3,63,64,66,68,71,72)/p-2. The number of benzene rings is 8. The van der Waals surface area contributed by atoms with Gasteiger partial charge in [0.1, 0.15) is 30.0 Å². The molecule has 2 aromatic heterocycles. The highest BCUT2D eigenvalue weighted by Crippen LogP contribution is 2.39. The number of hydrogen-bond acceptors (Lipinski definition) is 32. The molecule has 8 aromatic carbocycles. The number of primary sulfonamides is 4. The Hall–Kier alpha value is -10.5. The van der Waals surface area contributed by atoms with Crippen LogP contribution in [0.5, 0.6) is 0 Å². The molecule has 2 heterocycles. The summed E-state index contributed by atoms with van der Waals surface area (Å²) in [5.74, 6) is -2.04. The number of nitrogens with zero attached hydrogens (tertiary/aromatic N) is 6. The van der Waals surface area contributed by atoms with Gasteiger partial charge in [-0.2, -0.15) is 46.7 Å². The molecule has 18 N–H and O–H groups in total. The summed E-state index contributed by atoms with van der Waals surface area (Å²) in [7, 11) is -38.7. The molecule has 38 nitrogen and oxygen atoms in total. The van der Waals surface area contributed by atoms with E-state index >= 15 is 0 Å². The Kier molecular flexibility index (Phi) is 19.7.